The summed E-state index contributed by atoms with van der Waals surface area (Å²) in [5.74, 6) is -1.61. The minimum atomic E-state index is -1.25. The number of pyridine rings is 1. The molecule has 10 nitrogen and oxygen atoms in total. The summed E-state index contributed by atoms with van der Waals surface area (Å²) in [7, 11) is 1.26. The second kappa shape index (κ2) is 10.5. The normalized spacial score (nSPS) is 14.4. The molecule has 1 aromatic heterocycles. The summed E-state index contributed by atoms with van der Waals surface area (Å²) >= 11 is 5.95. The van der Waals surface area contributed by atoms with Crippen LogP contribution >= 0.6 is 11.6 Å². The molecule has 0 radical (unpaired) electrons. The van der Waals surface area contributed by atoms with Gasteiger partial charge in [0.2, 0.25) is 0 Å². The highest BCUT2D eigenvalue weighted by molar-refractivity contribution is 6.30. The Labute approximate surface area is 222 Å². The number of urea groups is 2. The molecule has 0 unspecified atom stereocenters. The number of esters is 1. The van der Waals surface area contributed by atoms with Crippen molar-refractivity contribution in [2.75, 3.05) is 22.6 Å². The molecule has 12 heteroatoms. The van der Waals surface area contributed by atoms with Crippen LogP contribution in [0.5, 0.6) is 0 Å². The summed E-state index contributed by atoms with van der Waals surface area (Å²) in [4.78, 5) is 57.0. The van der Waals surface area contributed by atoms with Crippen molar-refractivity contribution < 1.29 is 28.3 Å². The third kappa shape index (κ3) is 5.28. The molecule has 3 aromatic rings. The number of nitrogens with zero attached hydrogens (tertiary/aromatic N) is 3. The molecular formula is C26H23ClFN5O5. The predicted octanol–water partition coefficient (Wildman–Crippen LogP) is 5.05. The van der Waals surface area contributed by atoms with Crippen molar-refractivity contribution in [1.82, 2.24) is 9.88 Å². The molecule has 1 fully saturated rings. The van der Waals surface area contributed by atoms with Crippen LogP contribution in [0.25, 0.3) is 0 Å². The van der Waals surface area contributed by atoms with E-state index in [1.165, 1.54) is 66.7 Å². The quantitative estimate of drug-likeness (QED) is 0.257. The van der Waals surface area contributed by atoms with Crippen LogP contribution in [0.4, 0.5) is 31.0 Å². The van der Waals surface area contributed by atoms with Gasteiger partial charge in [0.15, 0.2) is 0 Å². The average Bonchev–Trinajstić information content (AvgIpc) is 3.04. The number of ether oxygens (including phenoxy) is 1. The highest BCUT2D eigenvalue weighted by atomic mass is 35.5. The van der Waals surface area contributed by atoms with E-state index in [4.69, 9.17) is 11.6 Å². The Bertz CT molecular complexity index is 1430. The summed E-state index contributed by atoms with van der Waals surface area (Å²) in [5, 5.41) is 5.30. The Hall–Kier alpha value is -4.51. The molecule has 0 bridgehead atoms. The lowest BCUT2D eigenvalue weighted by Gasteiger charge is -2.28. The zero-order valence-corrected chi connectivity index (χ0v) is 21.4. The molecule has 2 heterocycles. The number of carbonyl (C=O) groups is 4. The lowest BCUT2D eigenvalue weighted by molar-refractivity contribution is -0.123. The van der Waals surface area contributed by atoms with Gasteiger partial charge in [0.25, 0.3) is 5.91 Å². The number of halogens is 2. The van der Waals surface area contributed by atoms with Gasteiger partial charge in [0, 0.05) is 11.9 Å². The van der Waals surface area contributed by atoms with Crippen molar-refractivity contribution in [3.63, 3.8) is 0 Å². The first-order valence-electron chi connectivity index (χ1n) is 11.3. The van der Waals surface area contributed by atoms with Gasteiger partial charge >= 0.3 is 18.0 Å². The fourth-order valence-corrected chi connectivity index (χ4v) is 4.09. The van der Waals surface area contributed by atoms with Gasteiger partial charge in [-0.3, -0.25) is 4.79 Å². The average molecular weight is 540 g/mol. The summed E-state index contributed by atoms with van der Waals surface area (Å²) < 4.78 is 18.8. The molecule has 1 aliphatic heterocycles. The van der Waals surface area contributed by atoms with E-state index in [2.05, 4.69) is 20.4 Å². The Morgan fingerprint density at radius 2 is 1.76 bits per heavy atom. The molecule has 2 aromatic carbocycles. The van der Waals surface area contributed by atoms with Gasteiger partial charge in [-0.1, -0.05) is 17.7 Å². The van der Waals surface area contributed by atoms with E-state index in [1.807, 2.05) is 0 Å². The largest absolute Gasteiger partial charge is 0.465 e. The number of nitrogens with one attached hydrogen (secondary N) is 2. The van der Waals surface area contributed by atoms with Crippen LogP contribution in [0.2, 0.25) is 5.15 Å². The van der Waals surface area contributed by atoms with Crippen molar-refractivity contribution in [1.29, 1.82) is 0 Å². The fourth-order valence-electron chi connectivity index (χ4n) is 3.93. The summed E-state index contributed by atoms with van der Waals surface area (Å²) in [5.41, 5.74) is 0.206. The highest BCUT2D eigenvalue weighted by Crippen LogP contribution is 2.35. The number of hydrogen-bond acceptors (Lipinski definition) is 6. The number of aromatic nitrogens is 1. The highest BCUT2D eigenvalue weighted by Gasteiger charge is 2.52. The lowest BCUT2D eigenvalue weighted by Crippen LogP contribution is -2.43. The van der Waals surface area contributed by atoms with Crippen LogP contribution in [-0.4, -0.2) is 46.5 Å². The number of hydrogen-bond donors (Lipinski definition) is 2. The summed E-state index contributed by atoms with van der Waals surface area (Å²) in [6.45, 7) is 3.09. The fraction of sp³-hybridized carbons (Fsp3) is 0.192. The minimum Gasteiger partial charge on any atom is -0.465 e. The molecule has 0 atom stereocenters. The lowest BCUT2D eigenvalue weighted by atomic mass is 10.0. The van der Waals surface area contributed by atoms with Crippen molar-refractivity contribution in [3.8, 4) is 0 Å². The van der Waals surface area contributed by atoms with Crippen LogP contribution in [0.1, 0.15) is 29.8 Å². The third-order valence-corrected chi connectivity index (χ3v) is 6.21. The molecule has 1 saturated heterocycles. The smallest absolute Gasteiger partial charge is 0.337 e. The zero-order chi connectivity index (χ0) is 27.6. The number of benzene rings is 2. The molecular weight excluding hydrogens is 517 g/mol. The topological polar surface area (TPSA) is 121 Å². The van der Waals surface area contributed by atoms with Gasteiger partial charge in [-0.25, -0.2) is 28.7 Å². The second-order valence-corrected chi connectivity index (χ2v) is 9.24. The van der Waals surface area contributed by atoms with E-state index < -0.39 is 35.3 Å². The van der Waals surface area contributed by atoms with Gasteiger partial charge in [-0.05, 0) is 67.9 Å². The van der Waals surface area contributed by atoms with Gasteiger partial charge in [0.1, 0.15) is 16.5 Å². The number of rotatable bonds is 6. The second-order valence-electron chi connectivity index (χ2n) is 8.85. The minimum absolute atomic E-state index is 0.101. The molecule has 1 aliphatic rings. The van der Waals surface area contributed by atoms with Crippen molar-refractivity contribution in [2.24, 2.45) is 0 Å². The monoisotopic (exact) mass is 539 g/mol. The maximum absolute atomic E-state index is 14.1. The Balaban J connectivity index is 1.54. The van der Waals surface area contributed by atoms with Crippen molar-refractivity contribution in [3.05, 3.63) is 82.9 Å². The molecule has 196 valence electrons. The van der Waals surface area contributed by atoms with E-state index in [9.17, 15) is 23.6 Å². The SMILES string of the molecule is COC(=O)c1ccc(NC(=O)Nc2cc(F)ccc2CN2C(=O)N(c3ccnc(Cl)c3)C(=O)C2(C)C)cc1. The maximum atomic E-state index is 14.1. The standard InChI is InChI=1S/C26H23ClFN5O5/c1-26(2)23(35)33(19-10-11-29-21(27)13-19)25(37)32(26)14-16-4-7-17(28)12-20(16)31-24(36)30-18-8-5-15(6-9-18)22(34)38-3/h4-13H,14H2,1-3H3,(H2,30,31,36). The van der Waals surface area contributed by atoms with Crippen LogP contribution in [0.15, 0.2) is 60.8 Å². The summed E-state index contributed by atoms with van der Waals surface area (Å²) in [6, 6.07) is 11.3. The predicted molar refractivity (Wildman–Crippen MR) is 139 cm³/mol. The summed E-state index contributed by atoms with van der Waals surface area (Å²) in [6.07, 6.45) is 1.39. The van der Waals surface area contributed by atoms with E-state index >= 15 is 0 Å². The molecule has 2 N–H and O–H groups in total. The molecule has 4 rings (SSSR count). The third-order valence-electron chi connectivity index (χ3n) is 6.00. The van der Waals surface area contributed by atoms with Crippen LogP contribution in [0.3, 0.4) is 0 Å². The van der Waals surface area contributed by atoms with Gasteiger partial charge < -0.3 is 20.3 Å². The van der Waals surface area contributed by atoms with Crippen LogP contribution in [0, 0.1) is 5.82 Å². The first kappa shape index (κ1) is 26.6. The van der Waals surface area contributed by atoms with E-state index in [0.717, 1.165) is 11.0 Å². The maximum Gasteiger partial charge on any atom is 0.337 e. The van der Waals surface area contributed by atoms with Gasteiger partial charge in [-0.2, -0.15) is 0 Å². The number of imide groups is 1. The van der Waals surface area contributed by atoms with E-state index in [0.29, 0.717) is 16.8 Å². The zero-order valence-electron chi connectivity index (χ0n) is 20.6. The number of methoxy groups -OCH3 is 1. The Kier molecular flexibility index (Phi) is 7.31. The first-order valence-corrected chi connectivity index (χ1v) is 11.7. The molecule has 5 amide bonds. The molecule has 0 saturated carbocycles. The van der Waals surface area contributed by atoms with Crippen molar-refractivity contribution in [2.45, 2.75) is 25.9 Å². The van der Waals surface area contributed by atoms with Crippen LogP contribution in [-0.2, 0) is 16.1 Å². The van der Waals surface area contributed by atoms with Gasteiger partial charge in [0.05, 0.1) is 30.6 Å². The van der Waals surface area contributed by atoms with E-state index in [-0.39, 0.29) is 23.1 Å². The molecule has 38 heavy (non-hydrogen) atoms. The Morgan fingerprint density at radius 1 is 1.05 bits per heavy atom. The van der Waals surface area contributed by atoms with Gasteiger partial charge in [-0.15, -0.1) is 0 Å². The Morgan fingerprint density at radius 3 is 2.42 bits per heavy atom. The number of carbonyl (C=O) groups excluding carboxylic acids is 4. The number of amides is 5. The van der Waals surface area contributed by atoms with Crippen LogP contribution < -0.4 is 15.5 Å². The number of anilines is 3. The molecule has 0 spiro atoms. The molecule has 0 aliphatic carbocycles. The first-order chi connectivity index (χ1) is 18.0. The van der Waals surface area contributed by atoms with E-state index in [1.54, 1.807) is 13.8 Å². The van der Waals surface area contributed by atoms with Crippen molar-refractivity contribution >= 4 is 52.6 Å².